The van der Waals surface area contributed by atoms with Crippen molar-refractivity contribution >= 4 is 34.8 Å². The molecule has 1 fully saturated rings. The third-order valence-corrected chi connectivity index (χ3v) is 6.55. The van der Waals surface area contributed by atoms with E-state index < -0.39 is 6.04 Å². The maximum atomic E-state index is 13.4. The van der Waals surface area contributed by atoms with Crippen LogP contribution in [0.25, 0.3) is 0 Å². The van der Waals surface area contributed by atoms with E-state index in [9.17, 15) is 9.59 Å². The van der Waals surface area contributed by atoms with Crippen molar-refractivity contribution in [1.29, 1.82) is 0 Å². The van der Waals surface area contributed by atoms with Crippen LogP contribution < -0.4 is 5.32 Å². The maximum absolute atomic E-state index is 13.4. The molecule has 29 heavy (non-hydrogen) atoms. The highest BCUT2D eigenvalue weighted by atomic mass is 35.5. The minimum absolute atomic E-state index is 0.0116. The minimum Gasteiger partial charge on any atom is -0.351 e. The number of hydrogen-bond acceptors (Lipinski definition) is 3. The molecule has 1 aromatic heterocycles. The summed E-state index contributed by atoms with van der Waals surface area (Å²) in [6, 6.07) is 10.8. The van der Waals surface area contributed by atoms with Gasteiger partial charge in [0, 0.05) is 22.5 Å². The number of benzene rings is 1. The quantitative estimate of drug-likeness (QED) is 0.578. The standard InChI is InChI=1S/C23H29ClN2O2S/c1-2-3-14-26(21(27)16-20-9-6-15-29-20)22(17-10-12-18(24)13-11-17)23(28)25-19-7-4-5-8-19/h6,9-13,15,19,22H,2-5,7-8,14,16H2,1H3,(H,25,28). The van der Waals surface area contributed by atoms with Crippen LogP contribution in [0.3, 0.4) is 0 Å². The van der Waals surface area contributed by atoms with Gasteiger partial charge in [-0.15, -0.1) is 11.3 Å². The molecule has 1 aliphatic rings. The van der Waals surface area contributed by atoms with E-state index in [-0.39, 0.29) is 17.9 Å². The van der Waals surface area contributed by atoms with Crippen molar-refractivity contribution in [2.45, 2.75) is 64.0 Å². The van der Waals surface area contributed by atoms with Gasteiger partial charge in [0.1, 0.15) is 6.04 Å². The first kappa shape index (κ1) is 21.8. The number of unbranched alkanes of at least 4 members (excludes halogenated alkanes) is 1. The highest BCUT2D eigenvalue weighted by Gasteiger charge is 2.32. The maximum Gasteiger partial charge on any atom is 0.247 e. The number of nitrogens with one attached hydrogen (secondary N) is 1. The second kappa shape index (κ2) is 10.8. The normalized spacial score (nSPS) is 15.2. The molecule has 0 saturated heterocycles. The highest BCUT2D eigenvalue weighted by molar-refractivity contribution is 7.10. The van der Waals surface area contributed by atoms with Gasteiger partial charge >= 0.3 is 0 Å². The summed E-state index contributed by atoms with van der Waals surface area (Å²) in [4.78, 5) is 29.4. The molecule has 1 aliphatic carbocycles. The van der Waals surface area contributed by atoms with Gasteiger partial charge in [0.2, 0.25) is 11.8 Å². The molecule has 1 atom stereocenters. The lowest BCUT2D eigenvalue weighted by molar-refractivity contribution is -0.140. The van der Waals surface area contributed by atoms with E-state index in [1.807, 2.05) is 29.6 Å². The summed E-state index contributed by atoms with van der Waals surface area (Å²) in [6.07, 6.45) is 6.45. The van der Waals surface area contributed by atoms with Crippen LogP contribution >= 0.6 is 22.9 Å². The molecule has 3 rings (SSSR count). The van der Waals surface area contributed by atoms with Crippen LogP contribution in [0.1, 0.15) is 61.9 Å². The number of amides is 2. The van der Waals surface area contributed by atoms with Gasteiger partial charge in [-0.25, -0.2) is 0 Å². The fourth-order valence-corrected chi connectivity index (χ4v) is 4.68. The summed E-state index contributed by atoms with van der Waals surface area (Å²) in [5, 5.41) is 5.79. The smallest absolute Gasteiger partial charge is 0.247 e. The summed E-state index contributed by atoms with van der Waals surface area (Å²) in [5.74, 6) is -0.0997. The van der Waals surface area contributed by atoms with Gasteiger partial charge in [0.05, 0.1) is 6.42 Å². The number of thiophene rings is 1. The number of hydrogen-bond donors (Lipinski definition) is 1. The van der Waals surface area contributed by atoms with Gasteiger partial charge in [0.15, 0.2) is 0 Å². The summed E-state index contributed by atoms with van der Waals surface area (Å²) in [6.45, 7) is 2.66. The minimum atomic E-state index is -0.633. The molecular weight excluding hydrogens is 404 g/mol. The summed E-state index contributed by atoms with van der Waals surface area (Å²) in [5.41, 5.74) is 0.806. The third-order valence-electron chi connectivity index (χ3n) is 5.43. The lowest BCUT2D eigenvalue weighted by atomic mass is 10.0. The Morgan fingerprint density at radius 3 is 2.55 bits per heavy atom. The topological polar surface area (TPSA) is 49.4 Å². The average Bonchev–Trinajstić information content (AvgIpc) is 3.40. The van der Waals surface area contributed by atoms with Crippen molar-refractivity contribution in [2.24, 2.45) is 0 Å². The number of carbonyl (C=O) groups is 2. The predicted molar refractivity (Wildman–Crippen MR) is 119 cm³/mol. The van der Waals surface area contributed by atoms with Gasteiger partial charge in [-0.1, -0.05) is 56.0 Å². The lowest BCUT2D eigenvalue weighted by Crippen LogP contribution is -2.46. The molecule has 4 nitrogen and oxygen atoms in total. The van der Waals surface area contributed by atoms with E-state index in [2.05, 4.69) is 12.2 Å². The van der Waals surface area contributed by atoms with E-state index in [1.54, 1.807) is 28.4 Å². The van der Waals surface area contributed by atoms with Crippen molar-refractivity contribution in [3.05, 3.63) is 57.2 Å². The van der Waals surface area contributed by atoms with Crippen LogP contribution in [0.15, 0.2) is 41.8 Å². The molecule has 0 spiro atoms. The zero-order valence-electron chi connectivity index (χ0n) is 16.9. The average molecular weight is 433 g/mol. The SMILES string of the molecule is CCCCN(C(=O)Cc1cccs1)C(C(=O)NC1CCCC1)c1ccc(Cl)cc1. The Bertz CT molecular complexity index is 786. The Labute approximate surface area is 182 Å². The highest BCUT2D eigenvalue weighted by Crippen LogP contribution is 2.27. The molecule has 156 valence electrons. The number of rotatable bonds is 9. The zero-order chi connectivity index (χ0) is 20.6. The zero-order valence-corrected chi connectivity index (χ0v) is 18.5. The summed E-state index contributed by atoms with van der Waals surface area (Å²) < 4.78 is 0. The van der Waals surface area contributed by atoms with Crippen LogP contribution in [0, 0.1) is 0 Å². The molecular formula is C23H29ClN2O2S. The van der Waals surface area contributed by atoms with Gasteiger partial charge in [0.25, 0.3) is 0 Å². The fourth-order valence-electron chi connectivity index (χ4n) is 3.86. The summed E-state index contributed by atoms with van der Waals surface area (Å²) >= 11 is 7.65. The predicted octanol–water partition coefficient (Wildman–Crippen LogP) is 5.37. The molecule has 0 radical (unpaired) electrons. The third kappa shape index (κ3) is 6.06. The van der Waals surface area contributed by atoms with E-state index in [0.29, 0.717) is 18.0 Å². The van der Waals surface area contributed by atoms with Gasteiger partial charge in [-0.2, -0.15) is 0 Å². The van der Waals surface area contributed by atoms with Crippen LogP contribution in [0.5, 0.6) is 0 Å². The van der Waals surface area contributed by atoms with E-state index >= 15 is 0 Å². The number of carbonyl (C=O) groups excluding carboxylic acids is 2. The molecule has 2 amide bonds. The number of halogens is 1. The second-order valence-electron chi connectivity index (χ2n) is 7.64. The van der Waals surface area contributed by atoms with Crippen molar-refractivity contribution in [3.63, 3.8) is 0 Å². The Morgan fingerprint density at radius 1 is 1.21 bits per heavy atom. The fraction of sp³-hybridized carbons (Fsp3) is 0.478. The molecule has 1 unspecified atom stereocenters. The molecule has 1 aromatic carbocycles. The first-order valence-corrected chi connectivity index (χ1v) is 11.7. The van der Waals surface area contributed by atoms with Crippen molar-refractivity contribution in [1.82, 2.24) is 10.2 Å². The van der Waals surface area contributed by atoms with E-state index in [4.69, 9.17) is 11.6 Å². The van der Waals surface area contributed by atoms with Crippen LogP contribution in [0.4, 0.5) is 0 Å². The molecule has 1 heterocycles. The van der Waals surface area contributed by atoms with Crippen LogP contribution in [-0.4, -0.2) is 29.3 Å². The first-order chi connectivity index (χ1) is 14.1. The molecule has 6 heteroatoms. The van der Waals surface area contributed by atoms with Gasteiger partial charge in [-0.05, 0) is 48.4 Å². The Kier molecular flexibility index (Phi) is 8.13. The first-order valence-electron chi connectivity index (χ1n) is 10.5. The molecule has 1 N–H and O–H groups in total. The number of nitrogens with zero attached hydrogens (tertiary/aromatic N) is 1. The van der Waals surface area contributed by atoms with Crippen molar-refractivity contribution in [3.8, 4) is 0 Å². The van der Waals surface area contributed by atoms with Gasteiger partial charge in [-0.3, -0.25) is 9.59 Å². The molecule has 0 bridgehead atoms. The second-order valence-corrected chi connectivity index (χ2v) is 9.11. The molecule has 0 aliphatic heterocycles. The summed E-state index contributed by atoms with van der Waals surface area (Å²) in [7, 11) is 0. The monoisotopic (exact) mass is 432 g/mol. The lowest BCUT2D eigenvalue weighted by Gasteiger charge is -2.32. The molecule has 1 saturated carbocycles. The van der Waals surface area contributed by atoms with Crippen molar-refractivity contribution in [2.75, 3.05) is 6.54 Å². The van der Waals surface area contributed by atoms with Crippen LogP contribution in [-0.2, 0) is 16.0 Å². The Hall–Kier alpha value is -1.85. The van der Waals surface area contributed by atoms with Gasteiger partial charge < -0.3 is 10.2 Å². The van der Waals surface area contributed by atoms with E-state index in [1.165, 1.54) is 0 Å². The van der Waals surface area contributed by atoms with Crippen molar-refractivity contribution < 1.29 is 9.59 Å². The Balaban J connectivity index is 1.88. The van der Waals surface area contributed by atoms with Crippen LogP contribution in [0.2, 0.25) is 5.02 Å². The largest absolute Gasteiger partial charge is 0.351 e. The molecule has 2 aromatic rings. The van der Waals surface area contributed by atoms with E-state index in [0.717, 1.165) is 49.0 Å². The Morgan fingerprint density at radius 2 is 1.93 bits per heavy atom.